The zero-order chi connectivity index (χ0) is 17.8. The van der Waals surface area contributed by atoms with Gasteiger partial charge in [0.15, 0.2) is 0 Å². The molecule has 2 aromatic carbocycles. The second-order valence-electron chi connectivity index (χ2n) is 5.85. The molecule has 3 rings (SSSR count). The quantitative estimate of drug-likeness (QED) is 0.725. The predicted octanol–water partition coefficient (Wildman–Crippen LogP) is 3.58. The van der Waals surface area contributed by atoms with Crippen molar-refractivity contribution in [1.82, 2.24) is 4.57 Å². The molecule has 1 N–H and O–H groups in total. The largest absolute Gasteiger partial charge is 0.464 e. The van der Waals surface area contributed by atoms with Crippen LogP contribution in [0.25, 0.3) is 16.5 Å². The molecule has 25 heavy (non-hydrogen) atoms. The van der Waals surface area contributed by atoms with E-state index in [0.29, 0.717) is 12.1 Å². The number of carbonyl (C=O) groups is 1. The SMILES string of the molecule is COC(=O)c1c(CC=C(CO)c2ccccc2)c2ccccc2n1C. The first-order chi connectivity index (χ1) is 12.2. The Morgan fingerprint density at radius 2 is 1.80 bits per heavy atom. The fraction of sp³-hybridized carbons (Fsp3) is 0.190. The number of aliphatic hydroxyl groups is 1. The molecule has 0 aliphatic rings. The minimum atomic E-state index is -0.354. The molecule has 0 fully saturated rings. The highest BCUT2D eigenvalue weighted by Crippen LogP contribution is 2.27. The summed E-state index contributed by atoms with van der Waals surface area (Å²) in [5.41, 5.74) is 4.25. The van der Waals surface area contributed by atoms with Gasteiger partial charge in [-0.1, -0.05) is 54.6 Å². The Balaban J connectivity index is 2.09. The third-order valence-electron chi connectivity index (χ3n) is 4.46. The van der Waals surface area contributed by atoms with E-state index < -0.39 is 0 Å². The molecule has 0 spiro atoms. The van der Waals surface area contributed by atoms with E-state index >= 15 is 0 Å². The van der Waals surface area contributed by atoms with Crippen LogP contribution in [-0.2, 0) is 18.2 Å². The van der Waals surface area contributed by atoms with Crippen molar-refractivity contribution in [3.63, 3.8) is 0 Å². The lowest BCUT2D eigenvalue weighted by molar-refractivity contribution is 0.0589. The van der Waals surface area contributed by atoms with Crippen LogP contribution in [0.5, 0.6) is 0 Å². The van der Waals surface area contributed by atoms with Crippen molar-refractivity contribution >= 4 is 22.4 Å². The molecule has 0 aliphatic heterocycles. The molecule has 0 atom stereocenters. The summed E-state index contributed by atoms with van der Waals surface area (Å²) in [7, 11) is 3.26. The summed E-state index contributed by atoms with van der Waals surface area (Å²) in [6.07, 6.45) is 2.51. The number of aliphatic hydroxyl groups excluding tert-OH is 1. The molecule has 4 heteroatoms. The summed E-state index contributed by atoms with van der Waals surface area (Å²) < 4.78 is 6.84. The van der Waals surface area contributed by atoms with Crippen molar-refractivity contribution in [1.29, 1.82) is 0 Å². The summed E-state index contributed by atoms with van der Waals surface area (Å²) in [4.78, 5) is 12.3. The van der Waals surface area contributed by atoms with Crippen LogP contribution in [0.3, 0.4) is 0 Å². The third-order valence-corrected chi connectivity index (χ3v) is 4.46. The van der Waals surface area contributed by atoms with E-state index in [-0.39, 0.29) is 12.6 Å². The number of benzene rings is 2. The molecule has 0 saturated heterocycles. The number of aryl methyl sites for hydroxylation is 1. The fourth-order valence-electron chi connectivity index (χ4n) is 3.19. The normalized spacial score (nSPS) is 11.7. The molecule has 0 radical (unpaired) electrons. The number of nitrogens with zero attached hydrogens (tertiary/aromatic N) is 1. The maximum atomic E-state index is 12.3. The molecule has 0 unspecified atom stereocenters. The average molecular weight is 335 g/mol. The topological polar surface area (TPSA) is 51.5 Å². The maximum absolute atomic E-state index is 12.3. The van der Waals surface area contributed by atoms with Gasteiger partial charge in [0.05, 0.1) is 13.7 Å². The lowest BCUT2D eigenvalue weighted by Gasteiger charge is -2.07. The van der Waals surface area contributed by atoms with Crippen LogP contribution in [-0.4, -0.2) is 29.4 Å². The van der Waals surface area contributed by atoms with Gasteiger partial charge in [-0.15, -0.1) is 0 Å². The summed E-state index contributed by atoms with van der Waals surface area (Å²) in [5, 5.41) is 10.8. The van der Waals surface area contributed by atoms with E-state index in [4.69, 9.17) is 4.74 Å². The monoisotopic (exact) mass is 335 g/mol. The number of allylic oxidation sites excluding steroid dienone is 1. The second-order valence-corrected chi connectivity index (χ2v) is 5.85. The van der Waals surface area contributed by atoms with Crippen molar-refractivity contribution in [3.8, 4) is 0 Å². The third kappa shape index (κ3) is 3.21. The summed E-state index contributed by atoms with van der Waals surface area (Å²) >= 11 is 0. The first-order valence-electron chi connectivity index (χ1n) is 8.17. The van der Waals surface area contributed by atoms with E-state index in [1.165, 1.54) is 7.11 Å². The van der Waals surface area contributed by atoms with E-state index in [9.17, 15) is 9.90 Å². The van der Waals surface area contributed by atoms with Gasteiger partial charge in [0.1, 0.15) is 5.69 Å². The van der Waals surface area contributed by atoms with Gasteiger partial charge >= 0.3 is 5.97 Å². The highest BCUT2D eigenvalue weighted by atomic mass is 16.5. The fourth-order valence-corrected chi connectivity index (χ4v) is 3.19. The smallest absolute Gasteiger partial charge is 0.354 e. The Morgan fingerprint density at radius 1 is 1.12 bits per heavy atom. The molecule has 1 heterocycles. The van der Waals surface area contributed by atoms with Gasteiger partial charge in [-0.2, -0.15) is 0 Å². The molecule has 0 amide bonds. The van der Waals surface area contributed by atoms with Gasteiger partial charge in [0.25, 0.3) is 0 Å². The Labute approximate surface area is 147 Å². The lowest BCUT2D eigenvalue weighted by Crippen LogP contribution is -2.10. The molecule has 0 aliphatic carbocycles. The lowest BCUT2D eigenvalue weighted by atomic mass is 10.0. The molecule has 1 aromatic heterocycles. The first kappa shape index (κ1) is 17.0. The molecule has 0 saturated carbocycles. The van der Waals surface area contributed by atoms with Gasteiger partial charge in [0, 0.05) is 18.0 Å². The van der Waals surface area contributed by atoms with Crippen molar-refractivity contribution in [3.05, 3.63) is 77.5 Å². The minimum Gasteiger partial charge on any atom is -0.464 e. The molecular weight excluding hydrogens is 314 g/mol. The number of carbonyl (C=O) groups excluding carboxylic acids is 1. The van der Waals surface area contributed by atoms with Crippen molar-refractivity contribution in [2.24, 2.45) is 7.05 Å². The number of hydrogen-bond donors (Lipinski definition) is 1. The number of aromatic nitrogens is 1. The Kier molecular flexibility index (Phi) is 5.00. The van der Waals surface area contributed by atoms with Gasteiger partial charge in [0.2, 0.25) is 0 Å². The van der Waals surface area contributed by atoms with Gasteiger partial charge in [-0.3, -0.25) is 0 Å². The van der Waals surface area contributed by atoms with E-state index in [2.05, 4.69) is 0 Å². The van der Waals surface area contributed by atoms with Crippen molar-refractivity contribution < 1.29 is 14.6 Å². The van der Waals surface area contributed by atoms with Crippen molar-refractivity contribution in [2.45, 2.75) is 6.42 Å². The second kappa shape index (κ2) is 7.36. The van der Waals surface area contributed by atoms with Gasteiger partial charge in [-0.05, 0) is 29.2 Å². The summed E-state index contributed by atoms with van der Waals surface area (Å²) in [6, 6.07) is 17.7. The van der Waals surface area contributed by atoms with E-state index in [1.807, 2.05) is 72.3 Å². The van der Waals surface area contributed by atoms with Crippen LogP contribution >= 0.6 is 0 Å². The minimum absolute atomic E-state index is 0.0532. The molecular formula is C21H21NO3. The number of esters is 1. The highest BCUT2D eigenvalue weighted by Gasteiger charge is 2.20. The number of ether oxygens (including phenoxy) is 1. The van der Waals surface area contributed by atoms with E-state index in [0.717, 1.165) is 27.6 Å². The number of para-hydroxylation sites is 1. The highest BCUT2D eigenvalue weighted by molar-refractivity contribution is 5.99. The number of rotatable bonds is 5. The van der Waals surface area contributed by atoms with Crippen LogP contribution in [0.1, 0.15) is 21.6 Å². The van der Waals surface area contributed by atoms with Crippen molar-refractivity contribution in [2.75, 3.05) is 13.7 Å². The summed E-state index contributed by atoms with van der Waals surface area (Å²) in [6.45, 7) is -0.0532. The van der Waals surface area contributed by atoms with Crippen LogP contribution in [0.4, 0.5) is 0 Å². The Morgan fingerprint density at radius 3 is 2.48 bits per heavy atom. The van der Waals surface area contributed by atoms with Gasteiger partial charge < -0.3 is 14.4 Å². The number of hydrogen-bond acceptors (Lipinski definition) is 3. The Hall–Kier alpha value is -2.85. The summed E-state index contributed by atoms with van der Waals surface area (Å²) in [5.74, 6) is -0.354. The molecule has 0 bridgehead atoms. The number of fused-ring (bicyclic) bond motifs is 1. The van der Waals surface area contributed by atoms with Crippen LogP contribution in [0.2, 0.25) is 0 Å². The van der Waals surface area contributed by atoms with Crippen LogP contribution in [0, 0.1) is 0 Å². The molecule has 128 valence electrons. The first-order valence-corrected chi connectivity index (χ1v) is 8.17. The number of methoxy groups -OCH3 is 1. The van der Waals surface area contributed by atoms with Crippen LogP contribution < -0.4 is 0 Å². The molecule has 3 aromatic rings. The average Bonchev–Trinajstić information content (AvgIpc) is 2.95. The zero-order valence-corrected chi connectivity index (χ0v) is 14.4. The van der Waals surface area contributed by atoms with Crippen LogP contribution in [0.15, 0.2) is 60.7 Å². The van der Waals surface area contributed by atoms with E-state index in [1.54, 1.807) is 0 Å². The zero-order valence-electron chi connectivity index (χ0n) is 14.4. The molecule has 4 nitrogen and oxygen atoms in total. The predicted molar refractivity (Wildman–Crippen MR) is 99.5 cm³/mol. The standard InChI is InChI=1S/C21H21NO3/c1-22-19-11-7-6-10-17(19)18(20(22)21(24)25-2)13-12-16(14-23)15-8-4-3-5-9-15/h3-12,23H,13-14H2,1-2H3. The Bertz CT molecular complexity index is 923. The van der Waals surface area contributed by atoms with Gasteiger partial charge in [-0.25, -0.2) is 4.79 Å². The maximum Gasteiger partial charge on any atom is 0.354 e.